The highest BCUT2D eigenvalue weighted by atomic mass is 32.1. The van der Waals surface area contributed by atoms with Gasteiger partial charge in [-0.3, -0.25) is 0 Å². The van der Waals surface area contributed by atoms with Gasteiger partial charge in [-0.1, -0.05) is 152 Å². The van der Waals surface area contributed by atoms with Crippen LogP contribution in [0, 0.1) is 0 Å². The molecule has 0 aliphatic heterocycles. The van der Waals surface area contributed by atoms with Crippen molar-refractivity contribution in [1.82, 2.24) is 29.5 Å². The molecule has 8 aromatic carbocycles. The van der Waals surface area contributed by atoms with Crippen molar-refractivity contribution in [1.29, 1.82) is 0 Å². The fourth-order valence-electron chi connectivity index (χ4n) is 9.02. The van der Waals surface area contributed by atoms with Gasteiger partial charge in [0.15, 0.2) is 23.3 Å². The Morgan fingerprint density at radius 2 is 1.02 bits per heavy atom. The summed E-state index contributed by atoms with van der Waals surface area (Å²) in [4.78, 5) is 26.0. The summed E-state index contributed by atoms with van der Waals surface area (Å²) in [5, 5.41) is 5.33. The first kappa shape index (κ1) is 35.4. The molecule has 0 atom stereocenters. The van der Waals surface area contributed by atoms with E-state index in [1.807, 2.05) is 72.8 Å². The van der Waals surface area contributed by atoms with Crippen molar-refractivity contribution >= 4 is 75.4 Å². The van der Waals surface area contributed by atoms with Gasteiger partial charge in [0.05, 0.1) is 32.5 Å². The standard InChI is InChI=1S/C55H32N6OS/c1-4-16-33(17-5-1)52-58-53(34-18-6-2-7-19-34)60-54(59-52)41-25-15-28-45-47(41)40-24-14-26-42(50(40)62-45)55-56-48(51-49(57-55)39-23-11-13-29-46(39)63-51)35-30-31-38-37-22-10-12-27-43(37)61(44(38)32-35)36-20-8-3-9-21-36/h1-32H. The van der Waals surface area contributed by atoms with Crippen molar-refractivity contribution in [2.24, 2.45) is 0 Å². The number of thiophene rings is 1. The molecule has 0 saturated heterocycles. The van der Waals surface area contributed by atoms with Gasteiger partial charge in [-0.05, 0) is 42.5 Å². The van der Waals surface area contributed by atoms with Gasteiger partial charge in [-0.2, -0.15) is 0 Å². The van der Waals surface area contributed by atoms with E-state index < -0.39 is 0 Å². The van der Waals surface area contributed by atoms with E-state index in [1.165, 1.54) is 10.8 Å². The van der Waals surface area contributed by atoms with E-state index in [1.54, 1.807) is 11.3 Å². The summed E-state index contributed by atoms with van der Waals surface area (Å²) in [7, 11) is 0. The molecule has 0 bridgehead atoms. The summed E-state index contributed by atoms with van der Waals surface area (Å²) in [6.45, 7) is 0. The first-order valence-corrected chi connectivity index (χ1v) is 21.7. The zero-order chi connectivity index (χ0) is 41.4. The third-order valence-electron chi connectivity index (χ3n) is 11.9. The Hall–Kier alpha value is -8.33. The van der Waals surface area contributed by atoms with Crippen molar-refractivity contribution < 1.29 is 4.42 Å². The molecule has 0 aliphatic carbocycles. The quantitative estimate of drug-likeness (QED) is 0.166. The van der Waals surface area contributed by atoms with Gasteiger partial charge in [0.1, 0.15) is 11.2 Å². The van der Waals surface area contributed by atoms with Crippen molar-refractivity contribution in [3.63, 3.8) is 0 Å². The van der Waals surface area contributed by atoms with Crippen molar-refractivity contribution in [3.8, 4) is 62.5 Å². The van der Waals surface area contributed by atoms with Gasteiger partial charge < -0.3 is 8.98 Å². The lowest BCUT2D eigenvalue weighted by Gasteiger charge is -2.10. The third-order valence-corrected chi connectivity index (χ3v) is 13.1. The van der Waals surface area contributed by atoms with Crippen LogP contribution in [-0.4, -0.2) is 29.5 Å². The zero-order valence-electron chi connectivity index (χ0n) is 33.5. The molecular weight excluding hydrogens is 793 g/mol. The Morgan fingerprint density at radius 3 is 1.79 bits per heavy atom. The molecule has 0 radical (unpaired) electrons. The van der Waals surface area contributed by atoms with Crippen LogP contribution in [-0.2, 0) is 0 Å². The number of para-hydroxylation sites is 3. The molecule has 5 heterocycles. The smallest absolute Gasteiger partial charge is 0.164 e. The highest BCUT2D eigenvalue weighted by Crippen LogP contribution is 2.44. The zero-order valence-corrected chi connectivity index (χ0v) is 34.3. The van der Waals surface area contributed by atoms with Gasteiger partial charge >= 0.3 is 0 Å². The van der Waals surface area contributed by atoms with Crippen LogP contribution in [0.3, 0.4) is 0 Å². The molecule has 13 rings (SSSR count). The second-order valence-corrected chi connectivity index (χ2v) is 16.6. The average Bonchev–Trinajstić information content (AvgIpc) is 4.04. The minimum absolute atomic E-state index is 0.564. The summed E-state index contributed by atoms with van der Waals surface area (Å²) in [6, 6.07) is 66.8. The van der Waals surface area contributed by atoms with Crippen LogP contribution in [0.25, 0.3) is 127 Å². The molecule has 0 fully saturated rings. The van der Waals surface area contributed by atoms with Crippen molar-refractivity contribution in [3.05, 3.63) is 194 Å². The number of benzene rings is 8. The van der Waals surface area contributed by atoms with Crippen molar-refractivity contribution in [2.45, 2.75) is 0 Å². The maximum absolute atomic E-state index is 6.86. The van der Waals surface area contributed by atoms with Gasteiger partial charge in [0.25, 0.3) is 0 Å². The largest absolute Gasteiger partial charge is 0.455 e. The molecule has 0 unspecified atom stereocenters. The average molecular weight is 825 g/mol. The molecule has 5 aromatic heterocycles. The van der Waals surface area contributed by atoms with Crippen LogP contribution in [0.15, 0.2) is 199 Å². The number of furan rings is 1. The lowest BCUT2D eigenvalue weighted by atomic mass is 10.0. The van der Waals surface area contributed by atoms with E-state index in [4.69, 9.17) is 29.3 Å². The molecule has 0 saturated carbocycles. The van der Waals surface area contributed by atoms with E-state index in [-0.39, 0.29) is 0 Å². The second-order valence-electron chi connectivity index (χ2n) is 15.6. The molecule has 0 aliphatic rings. The van der Waals surface area contributed by atoms with Crippen LogP contribution in [0.5, 0.6) is 0 Å². The third kappa shape index (κ3) is 5.69. The minimum Gasteiger partial charge on any atom is -0.455 e. The Bertz CT molecular complexity index is 3860. The monoisotopic (exact) mass is 824 g/mol. The normalized spacial score (nSPS) is 11.8. The first-order valence-electron chi connectivity index (χ1n) is 20.8. The topological polar surface area (TPSA) is 82.5 Å². The summed E-state index contributed by atoms with van der Waals surface area (Å²) >= 11 is 1.73. The van der Waals surface area contributed by atoms with E-state index in [0.717, 1.165) is 86.9 Å². The molecule has 8 heteroatoms. The molecule has 63 heavy (non-hydrogen) atoms. The summed E-state index contributed by atoms with van der Waals surface area (Å²) in [5.74, 6) is 2.36. The molecular formula is C55H32N6OS. The van der Waals surface area contributed by atoms with Crippen LogP contribution in [0.1, 0.15) is 0 Å². The van der Waals surface area contributed by atoms with Crippen LogP contribution in [0.4, 0.5) is 0 Å². The number of fused-ring (bicyclic) bond motifs is 9. The SMILES string of the molecule is c1ccc(-c2nc(-c3ccccc3)nc(-c3cccc4oc5c(-c6nc(-c7ccc8c9ccccc9n(-c9ccccc9)c8c7)c7sc8ccccc8c7n6)cccc5c34)n2)cc1. The fourth-order valence-corrected chi connectivity index (χ4v) is 10.2. The number of hydrogen-bond donors (Lipinski definition) is 0. The maximum atomic E-state index is 6.86. The maximum Gasteiger partial charge on any atom is 0.164 e. The second kappa shape index (κ2) is 14.1. The number of hydrogen-bond acceptors (Lipinski definition) is 7. The lowest BCUT2D eigenvalue weighted by Crippen LogP contribution is -2.00. The molecule has 294 valence electrons. The predicted octanol–water partition coefficient (Wildman–Crippen LogP) is 14.4. The summed E-state index contributed by atoms with van der Waals surface area (Å²) in [5.41, 5.74) is 11.1. The summed E-state index contributed by atoms with van der Waals surface area (Å²) < 4.78 is 11.4. The molecule has 7 nitrogen and oxygen atoms in total. The number of rotatable bonds is 6. The Balaban J connectivity index is 1.04. The molecule has 0 N–H and O–H groups in total. The van der Waals surface area contributed by atoms with E-state index in [0.29, 0.717) is 28.9 Å². The molecule has 13 aromatic rings. The molecule has 0 amide bonds. The van der Waals surface area contributed by atoms with Gasteiger partial charge in [0.2, 0.25) is 0 Å². The van der Waals surface area contributed by atoms with Crippen LogP contribution >= 0.6 is 11.3 Å². The highest BCUT2D eigenvalue weighted by molar-refractivity contribution is 7.26. The van der Waals surface area contributed by atoms with Gasteiger partial charge in [-0.15, -0.1) is 11.3 Å². The predicted molar refractivity (Wildman–Crippen MR) is 257 cm³/mol. The van der Waals surface area contributed by atoms with E-state index >= 15 is 0 Å². The molecule has 0 spiro atoms. The van der Waals surface area contributed by atoms with Gasteiger partial charge in [0, 0.05) is 59.6 Å². The Morgan fingerprint density at radius 1 is 0.413 bits per heavy atom. The Kier molecular flexibility index (Phi) is 7.94. The van der Waals surface area contributed by atoms with Crippen LogP contribution in [0.2, 0.25) is 0 Å². The lowest BCUT2D eigenvalue weighted by molar-refractivity contribution is 0.669. The number of nitrogens with zero attached hydrogens (tertiary/aromatic N) is 6. The number of aromatic nitrogens is 6. The fraction of sp³-hybridized carbons (Fsp3) is 0. The minimum atomic E-state index is 0.564. The van der Waals surface area contributed by atoms with Gasteiger partial charge in [-0.25, -0.2) is 24.9 Å². The van der Waals surface area contributed by atoms with Crippen molar-refractivity contribution in [2.75, 3.05) is 0 Å². The first-order chi connectivity index (χ1) is 31.2. The Labute approximate surface area is 364 Å². The van der Waals surface area contributed by atoms with E-state index in [2.05, 4.69) is 126 Å². The summed E-state index contributed by atoms with van der Waals surface area (Å²) in [6.07, 6.45) is 0. The highest BCUT2D eigenvalue weighted by Gasteiger charge is 2.23. The van der Waals surface area contributed by atoms with E-state index in [9.17, 15) is 0 Å². The van der Waals surface area contributed by atoms with Crippen LogP contribution < -0.4 is 0 Å².